The highest BCUT2D eigenvalue weighted by atomic mass is 32.1. The maximum Gasteiger partial charge on any atom is 0.264 e. The van der Waals surface area contributed by atoms with E-state index in [0.29, 0.717) is 22.8 Å². The van der Waals surface area contributed by atoms with E-state index in [1.165, 1.54) is 6.07 Å². The first-order chi connectivity index (χ1) is 7.22. The van der Waals surface area contributed by atoms with E-state index in [0.717, 1.165) is 0 Å². The lowest BCUT2D eigenvalue weighted by Crippen LogP contribution is -2.07. The number of nitrogens with zero attached hydrogens (tertiary/aromatic N) is 3. The minimum Gasteiger partial charge on any atom is -0.299 e. The molecular weight excluding hydrogens is 214 g/mol. The molecule has 15 heavy (non-hydrogen) atoms. The summed E-state index contributed by atoms with van der Waals surface area (Å²) in [4.78, 5) is 10.8. The Morgan fingerprint density at radius 1 is 1.40 bits per heavy atom. The molecule has 0 atom stereocenters. The minimum absolute atomic E-state index is 0.240. The van der Waals surface area contributed by atoms with Crippen molar-refractivity contribution in [1.82, 2.24) is 25.0 Å². The number of nitrogens with one attached hydrogen (secondary N) is 2. The van der Waals surface area contributed by atoms with Crippen LogP contribution in [0.3, 0.4) is 0 Å². The van der Waals surface area contributed by atoms with Crippen LogP contribution < -0.4 is 5.56 Å². The molecule has 0 unspecified atom stereocenters. The van der Waals surface area contributed by atoms with Crippen LogP contribution in [0, 0.1) is 4.77 Å². The normalized spacial score (nSPS) is 10.5. The van der Waals surface area contributed by atoms with Crippen LogP contribution in [0.15, 0.2) is 16.9 Å². The summed E-state index contributed by atoms with van der Waals surface area (Å²) in [6.45, 7) is 2.66. The van der Waals surface area contributed by atoms with Gasteiger partial charge in [0.15, 0.2) is 10.6 Å². The van der Waals surface area contributed by atoms with E-state index in [2.05, 4.69) is 20.4 Å². The smallest absolute Gasteiger partial charge is 0.264 e. The predicted molar refractivity (Wildman–Crippen MR) is 56.9 cm³/mol. The number of rotatable bonds is 2. The third-order valence-electron chi connectivity index (χ3n) is 1.98. The van der Waals surface area contributed by atoms with Gasteiger partial charge in [0.1, 0.15) is 5.69 Å². The standard InChI is InChI=1S/C8H9N5OS/c1-2-13-7(11-12-8(13)15)5-3-4-6(14)10-9-5/h3-4H,2H2,1H3,(H,10,14)(H,12,15). The van der Waals surface area contributed by atoms with Gasteiger partial charge in [0, 0.05) is 12.6 Å². The molecule has 0 saturated heterocycles. The summed E-state index contributed by atoms with van der Waals surface area (Å²) >= 11 is 5.04. The highest BCUT2D eigenvalue weighted by Gasteiger charge is 2.08. The number of aromatic amines is 2. The molecule has 6 nitrogen and oxygen atoms in total. The zero-order valence-corrected chi connectivity index (χ0v) is 8.84. The van der Waals surface area contributed by atoms with Crippen molar-refractivity contribution in [2.45, 2.75) is 13.5 Å². The van der Waals surface area contributed by atoms with Crippen LogP contribution in [0.25, 0.3) is 11.5 Å². The van der Waals surface area contributed by atoms with Gasteiger partial charge in [0.2, 0.25) is 0 Å². The molecule has 7 heteroatoms. The quantitative estimate of drug-likeness (QED) is 0.735. The van der Waals surface area contributed by atoms with Crippen LogP contribution in [0.5, 0.6) is 0 Å². The SMILES string of the molecule is CCn1c(-c2ccc(=O)[nH]n2)n[nH]c1=S. The topological polar surface area (TPSA) is 79.4 Å². The molecule has 2 N–H and O–H groups in total. The van der Waals surface area contributed by atoms with Crippen LogP contribution in [-0.4, -0.2) is 25.0 Å². The fourth-order valence-corrected chi connectivity index (χ4v) is 1.54. The highest BCUT2D eigenvalue weighted by molar-refractivity contribution is 7.71. The van der Waals surface area contributed by atoms with Gasteiger partial charge in [0.25, 0.3) is 5.56 Å². The van der Waals surface area contributed by atoms with Crippen molar-refractivity contribution in [3.8, 4) is 11.5 Å². The van der Waals surface area contributed by atoms with E-state index in [4.69, 9.17) is 12.2 Å². The molecule has 0 amide bonds. The summed E-state index contributed by atoms with van der Waals surface area (Å²) in [5.74, 6) is 0.624. The van der Waals surface area contributed by atoms with Crippen LogP contribution in [0.2, 0.25) is 0 Å². The first-order valence-electron chi connectivity index (χ1n) is 4.43. The number of aromatic nitrogens is 5. The van der Waals surface area contributed by atoms with Gasteiger partial charge in [0.05, 0.1) is 0 Å². The molecule has 0 aliphatic rings. The predicted octanol–water partition coefficient (Wildman–Crippen LogP) is 0.711. The van der Waals surface area contributed by atoms with Crippen molar-refractivity contribution in [3.63, 3.8) is 0 Å². The number of hydrogen-bond donors (Lipinski definition) is 2. The second-order valence-corrected chi connectivity index (χ2v) is 3.29. The van der Waals surface area contributed by atoms with E-state index in [1.54, 1.807) is 10.6 Å². The Kier molecular flexibility index (Phi) is 2.46. The van der Waals surface area contributed by atoms with Gasteiger partial charge in [-0.05, 0) is 25.2 Å². The molecular formula is C8H9N5OS. The van der Waals surface area contributed by atoms with Crippen molar-refractivity contribution in [2.24, 2.45) is 0 Å². The van der Waals surface area contributed by atoms with Gasteiger partial charge >= 0.3 is 0 Å². The molecule has 0 aliphatic carbocycles. The lowest BCUT2D eigenvalue weighted by atomic mass is 10.3. The van der Waals surface area contributed by atoms with Crippen LogP contribution >= 0.6 is 12.2 Å². The third-order valence-corrected chi connectivity index (χ3v) is 2.29. The lowest BCUT2D eigenvalue weighted by molar-refractivity contribution is 0.751. The van der Waals surface area contributed by atoms with Gasteiger partial charge in [-0.3, -0.25) is 14.5 Å². The summed E-state index contributed by atoms with van der Waals surface area (Å²) in [5, 5.41) is 13.0. The zero-order chi connectivity index (χ0) is 10.8. The van der Waals surface area contributed by atoms with Crippen molar-refractivity contribution < 1.29 is 0 Å². The molecule has 0 radical (unpaired) electrons. The van der Waals surface area contributed by atoms with E-state index >= 15 is 0 Å². The van der Waals surface area contributed by atoms with E-state index < -0.39 is 0 Å². The van der Waals surface area contributed by atoms with E-state index in [1.807, 2.05) is 6.92 Å². The number of hydrogen-bond acceptors (Lipinski definition) is 4. The second-order valence-electron chi connectivity index (χ2n) is 2.90. The van der Waals surface area contributed by atoms with Gasteiger partial charge in [-0.1, -0.05) is 0 Å². The van der Waals surface area contributed by atoms with Gasteiger partial charge < -0.3 is 0 Å². The van der Waals surface area contributed by atoms with E-state index in [-0.39, 0.29) is 5.56 Å². The molecule has 0 fully saturated rings. The maximum atomic E-state index is 10.8. The minimum atomic E-state index is -0.240. The first-order valence-corrected chi connectivity index (χ1v) is 4.84. The molecule has 2 rings (SSSR count). The van der Waals surface area contributed by atoms with Crippen LogP contribution in [0.4, 0.5) is 0 Å². The summed E-state index contributed by atoms with van der Waals surface area (Å²) in [6.07, 6.45) is 0. The molecule has 0 saturated carbocycles. The van der Waals surface area contributed by atoms with Gasteiger partial charge in [-0.15, -0.1) is 0 Å². The molecule has 2 heterocycles. The van der Waals surface area contributed by atoms with E-state index in [9.17, 15) is 4.79 Å². The number of H-pyrrole nitrogens is 2. The van der Waals surface area contributed by atoms with Crippen molar-refractivity contribution in [3.05, 3.63) is 27.3 Å². The Bertz CT molecular complexity index is 561. The van der Waals surface area contributed by atoms with Crippen LogP contribution in [-0.2, 0) is 6.54 Å². The fraction of sp³-hybridized carbons (Fsp3) is 0.250. The molecule has 2 aromatic rings. The molecule has 0 bridgehead atoms. The monoisotopic (exact) mass is 223 g/mol. The Balaban J connectivity index is 2.58. The highest BCUT2D eigenvalue weighted by Crippen LogP contribution is 2.11. The van der Waals surface area contributed by atoms with Gasteiger partial charge in [-0.25, -0.2) is 5.10 Å². The van der Waals surface area contributed by atoms with Crippen molar-refractivity contribution in [1.29, 1.82) is 0 Å². The van der Waals surface area contributed by atoms with Crippen molar-refractivity contribution in [2.75, 3.05) is 0 Å². The Morgan fingerprint density at radius 3 is 2.80 bits per heavy atom. The Labute approximate surface area is 90.0 Å². The average Bonchev–Trinajstić information content (AvgIpc) is 2.61. The lowest BCUT2D eigenvalue weighted by Gasteiger charge is -2.00. The molecule has 0 aromatic carbocycles. The largest absolute Gasteiger partial charge is 0.299 e. The Hall–Kier alpha value is -1.76. The van der Waals surface area contributed by atoms with Crippen molar-refractivity contribution >= 4 is 12.2 Å². The fourth-order valence-electron chi connectivity index (χ4n) is 1.28. The first kappa shape index (κ1) is 9.78. The summed E-state index contributed by atoms with van der Waals surface area (Å²) in [7, 11) is 0. The summed E-state index contributed by atoms with van der Waals surface area (Å²) < 4.78 is 2.34. The maximum absolute atomic E-state index is 10.8. The molecule has 2 aromatic heterocycles. The van der Waals surface area contributed by atoms with Gasteiger partial charge in [-0.2, -0.15) is 10.2 Å². The molecule has 0 spiro atoms. The second kappa shape index (κ2) is 3.77. The van der Waals surface area contributed by atoms with Crippen LogP contribution in [0.1, 0.15) is 6.92 Å². The summed E-state index contributed by atoms with van der Waals surface area (Å²) in [5.41, 5.74) is 0.347. The molecule has 0 aliphatic heterocycles. The summed E-state index contributed by atoms with van der Waals surface area (Å²) in [6, 6.07) is 3.01. The third kappa shape index (κ3) is 1.73. The average molecular weight is 223 g/mol. The zero-order valence-electron chi connectivity index (χ0n) is 8.02. The Morgan fingerprint density at radius 2 is 2.20 bits per heavy atom. The molecule has 78 valence electrons.